The van der Waals surface area contributed by atoms with Gasteiger partial charge in [0.15, 0.2) is 6.10 Å². The summed E-state index contributed by atoms with van der Waals surface area (Å²) in [5.74, 6) is -0.926. The van der Waals surface area contributed by atoms with Crippen molar-refractivity contribution in [3.05, 3.63) is 60.8 Å². The van der Waals surface area contributed by atoms with Crippen LogP contribution in [0.1, 0.15) is 258 Å². The first-order valence-corrected chi connectivity index (χ1v) is 26.3. The molecule has 0 rings (SSSR count). The molecule has 0 bridgehead atoms. The maximum absolute atomic E-state index is 12.8. The molecule has 0 aliphatic rings. The van der Waals surface area contributed by atoms with Crippen molar-refractivity contribution in [2.45, 2.75) is 264 Å². The Morgan fingerprint density at radius 2 is 0.645 bits per heavy atom. The number of carbonyl (C=O) groups excluding carboxylic acids is 3. The van der Waals surface area contributed by atoms with Crippen LogP contribution in [-0.2, 0) is 28.6 Å². The van der Waals surface area contributed by atoms with Crippen molar-refractivity contribution in [1.82, 2.24) is 0 Å². The molecule has 0 amide bonds. The molecule has 0 aromatic carbocycles. The SMILES string of the molecule is CC/C=C\C/C=C\C/C=C\CCCCCC(=O)OCC(COC(=O)CCCCCCCCCCCCCCCCCCC)OC(=O)CCCCCCC/C=C\C/C=C\CCCC. The average Bonchev–Trinajstić information content (AvgIpc) is 3.27. The summed E-state index contributed by atoms with van der Waals surface area (Å²) in [6.07, 6.45) is 62.1. The molecule has 0 aliphatic carbocycles. The molecule has 0 N–H and O–H groups in total. The van der Waals surface area contributed by atoms with Crippen LogP contribution in [-0.4, -0.2) is 37.2 Å². The van der Waals surface area contributed by atoms with Crippen LogP contribution in [0.15, 0.2) is 60.8 Å². The van der Waals surface area contributed by atoms with Crippen molar-refractivity contribution in [3.63, 3.8) is 0 Å². The molecule has 0 saturated heterocycles. The highest BCUT2D eigenvalue weighted by molar-refractivity contribution is 5.71. The molecular formula is C56H98O6. The highest BCUT2D eigenvalue weighted by Crippen LogP contribution is 2.15. The van der Waals surface area contributed by atoms with Gasteiger partial charge in [-0.15, -0.1) is 0 Å². The predicted molar refractivity (Wildman–Crippen MR) is 265 cm³/mol. The van der Waals surface area contributed by atoms with Gasteiger partial charge in [0.05, 0.1) is 0 Å². The quantitative estimate of drug-likeness (QED) is 0.0262. The number of esters is 3. The molecule has 1 atom stereocenters. The second kappa shape index (κ2) is 50.8. The van der Waals surface area contributed by atoms with Crippen molar-refractivity contribution in [2.75, 3.05) is 13.2 Å². The van der Waals surface area contributed by atoms with E-state index in [9.17, 15) is 14.4 Å². The Bertz CT molecular complexity index is 1130. The van der Waals surface area contributed by atoms with Crippen LogP contribution in [0.3, 0.4) is 0 Å². The van der Waals surface area contributed by atoms with Crippen LogP contribution in [0.5, 0.6) is 0 Å². The van der Waals surface area contributed by atoms with E-state index in [1.807, 2.05) is 0 Å². The lowest BCUT2D eigenvalue weighted by Crippen LogP contribution is -2.30. The van der Waals surface area contributed by atoms with Crippen LogP contribution in [0.2, 0.25) is 0 Å². The third-order valence-electron chi connectivity index (χ3n) is 11.3. The van der Waals surface area contributed by atoms with Gasteiger partial charge >= 0.3 is 17.9 Å². The van der Waals surface area contributed by atoms with Crippen LogP contribution in [0.4, 0.5) is 0 Å². The van der Waals surface area contributed by atoms with E-state index in [0.29, 0.717) is 19.3 Å². The first-order chi connectivity index (χ1) is 30.5. The summed E-state index contributed by atoms with van der Waals surface area (Å²) in [5, 5.41) is 0. The van der Waals surface area contributed by atoms with Gasteiger partial charge in [-0.25, -0.2) is 0 Å². The normalized spacial score (nSPS) is 12.5. The molecule has 6 nitrogen and oxygen atoms in total. The summed E-state index contributed by atoms with van der Waals surface area (Å²) in [5.41, 5.74) is 0. The van der Waals surface area contributed by atoms with E-state index in [2.05, 4.69) is 81.5 Å². The lowest BCUT2D eigenvalue weighted by atomic mass is 10.0. The number of hydrogen-bond acceptors (Lipinski definition) is 6. The van der Waals surface area contributed by atoms with Crippen LogP contribution in [0.25, 0.3) is 0 Å². The monoisotopic (exact) mass is 867 g/mol. The molecule has 0 spiro atoms. The van der Waals surface area contributed by atoms with E-state index < -0.39 is 6.10 Å². The number of hydrogen-bond donors (Lipinski definition) is 0. The lowest BCUT2D eigenvalue weighted by molar-refractivity contribution is -0.167. The topological polar surface area (TPSA) is 78.9 Å². The Morgan fingerprint density at radius 3 is 1.05 bits per heavy atom. The number of unbranched alkanes of at least 4 members (excludes halogenated alkanes) is 26. The molecule has 0 fully saturated rings. The summed E-state index contributed by atoms with van der Waals surface area (Å²) in [4.78, 5) is 38.0. The van der Waals surface area contributed by atoms with E-state index in [1.165, 1.54) is 109 Å². The van der Waals surface area contributed by atoms with Gasteiger partial charge in [0, 0.05) is 19.3 Å². The zero-order valence-electron chi connectivity index (χ0n) is 40.9. The molecule has 6 heteroatoms. The zero-order valence-corrected chi connectivity index (χ0v) is 40.9. The van der Waals surface area contributed by atoms with E-state index in [0.717, 1.165) is 109 Å². The molecule has 62 heavy (non-hydrogen) atoms. The summed E-state index contributed by atoms with van der Waals surface area (Å²) in [7, 11) is 0. The standard InChI is InChI=1S/C56H98O6/c1-4-7-10-13-16-19-22-25-27-28-29-32-34-37-40-43-46-49-55(58)61-52-53(51-60-54(57)48-45-42-39-36-33-30-24-21-18-15-12-9-6-3)62-56(59)50-47-44-41-38-35-31-26-23-20-17-14-11-8-5-2/h9,12,14,17-18,21,23,26,30,33,53H,4-8,10-11,13,15-16,19-20,22,24-25,27-29,31-32,34-52H2,1-3H3/b12-9-,17-14-,21-18-,26-23-,33-30-. The Kier molecular flexibility index (Phi) is 48.4. The number of rotatable bonds is 47. The van der Waals surface area contributed by atoms with Gasteiger partial charge in [-0.05, 0) is 77.0 Å². The molecule has 0 heterocycles. The molecule has 0 aliphatic heterocycles. The lowest BCUT2D eigenvalue weighted by Gasteiger charge is -2.18. The average molecular weight is 867 g/mol. The molecule has 0 aromatic rings. The summed E-state index contributed by atoms with van der Waals surface area (Å²) >= 11 is 0. The molecule has 358 valence electrons. The first-order valence-electron chi connectivity index (χ1n) is 26.3. The second-order valence-corrected chi connectivity index (χ2v) is 17.4. The smallest absolute Gasteiger partial charge is 0.306 e. The molecule has 0 saturated carbocycles. The second-order valence-electron chi connectivity index (χ2n) is 17.4. The van der Waals surface area contributed by atoms with Crippen molar-refractivity contribution >= 4 is 17.9 Å². The minimum absolute atomic E-state index is 0.0875. The van der Waals surface area contributed by atoms with Crippen molar-refractivity contribution in [2.24, 2.45) is 0 Å². The Balaban J connectivity index is 4.40. The minimum atomic E-state index is -0.791. The highest BCUT2D eigenvalue weighted by atomic mass is 16.6. The van der Waals surface area contributed by atoms with E-state index in [1.54, 1.807) is 0 Å². The van der Waals surface area contributed by atoms with Gasteiger partial charge in [0.1, 0.15) is 13.2 Å². The predicted octanol–water partition coefficient (Wildman–Crippen LogP) is 17.3. The largest absolute Gasteiger partial charge is 0.462 e. The van der Waals surface area contributed by atoms with E-state index in [-0.39, 0.29) is 31.1 Å². The van der Waals surface area contributed by atoms with Gasteiger partial charge in [0.25, 0.3) is 0 Å². The van der Waals surface area contributed by atoms with Crippen molar-refractivity contribution in [3.8, 4) is 0 Å². The third kappa shape index (κ3) is 48.1. The number of carbonyl (C=O) groups is 3. The fourth-order valence-corrected chi connectivity index (χ4v) is 7.30. The summed E-state index contributed by atoms with van der Waals surface area (Å²) in [6, 6.07) is 0. The fraction of sp³-hybridized carbons (Fsp3) is 0.768. The maximum Gasteiger partial charge on any atom is 0.306 e. The Labute approximate surface area is 383 Å². The molecule has 0 radical (unpaired) electrons. The third-order valence-corrected chi connectivity index (χ3v) is 11.3. The molecule has 1 unspecified atom stereocenters. The van der Waals surface area contributed by atoms with Crippen LogP contribution >= 0.6 is 0 Å². The zero-order chi connectivity index (χ0) is 45.1. The minimum Gasteiger partial charge on any atom is -0.462 e. The summed E-state index contributed by atoms with van der Waals surface area (Å²) in [6.45, 7) is 6.46. The van der Waals surface area contributed by atoms with Gasteiger partial charge < -0.3 is 14.2 Å². The highest BCUT2D eigenvalue weighted by Gasteiger charge is 2.19. The number of allylic oxidation sites excluding steroid dienone is 10. The number of ether oxygens (including phenoxy) is 3. The Morgan fingerprint density at radius 1 is 0.339 bits per heavy atom. The molecular weight excluding hydrogens is 769 g/mol. The van der Waals surface area contributed by atoms with Crippen LogP contribution < -0.4 is 0 Å². The molecule has 0 aromatic heterocycles. The van der Waals surface area contributed by atoms with Crippen molar-refractivity contribution < 1.29 is 28.6 Å². The van der Waals surface area contributed by atoms with Crippen LogP contribution in [0, 0.1) is 0 Å². The van der Waals surface area contributed by atoms with Gasteiger partial charge in [-0.1, -0.05) is 223 Å². The van der Waals surface area contributed by atoms with E-state index in [4.69, 9.17) is 14.2 Å². The van der Waals surface area contributed by atoms with Gasteiger partial charge in [-0.2, -0.15) is 0 Å². The first kappa shape index (κ1) is 59.1. The van der Waals surface area contributed by atoms with Gasteiger partial charge in [-0.3, -0.25) is 14.4 Å². The fourth-order valence-electron chi connectivity index (χ4n) is 7.30. The van der Waals surface area contributed by atoms with Gasteiger partial charge in [0.2, 0.25) is 0 Å². The van der Waals surface area contributed by atoms with Crippen molar-refractivity contribution in [1.29, 1.82) is 0 Å². The summed E-state index contributed by atoms with van der Waals surface area (Å²) < 4.78 is 16.8. The Hall–Kier alpha value is -2.89. The van der Waals surface area contributed by atoms with E-state index >= 15 is 0 Å². The maximum atomic E-state index is 12.8.